The van der Waals surface area contributed by atoms with Crippen molar-refractivity contribution in [3.8, 4) is 0 Å². The quantitative estimate of drug-likeness (QED) is 0.442. The Morgan fingerprint density at radius 1 is 1.31 bits per heavy atom. The van der Waals surface area contributed by atoms with Gasteiger partial charge in [0.25, 0.3) is 9.76 Å². The van der Waals surface area contributed by atoms with Crippen molar-refractivity contribution in [2.24, 2.45) is 5.92 Å². The summed E-state index contributed by atoms with van der Waals surface area (Å²) >= 11 is 0. The standard InChI is InChI=1S/C10H20O2Si/c1-4-5-8-13-12-7-6-11-9-10(2)3/h5,8,10H,4,6-7,9H2,1-3H3/b8-5+. The van der Waals surface area contributed by atoms with Crippen LogP contribution in [0.2, 0.25) is 0 Å². The van der Waals surface area contributed by atoms with Crippen LogP contribution in [0.3, 0.4) is 0 Å². The second-order valence-corrected chi connectivity index (χ2v) is 4.10. The molecule has 13 heavy (non-hydrogen) atoms. The van der Waals surface area contributed by atoms with Gasteiger partial charge in [0.2, 0.25) is 0 Å². The lowest BCUT2D eigenvalue weighted by Crippen LogP contribution is -2.09. The summed E-state index contributed by atoms with van der Waals surface area (Å²) < 4.78 is 10.7. The number of ether oxygens (including phenoxy) is 1. The minimum atomic E-state index is 0.484. The van der Waals surface area contributed by atoms with E-state index in [0.29, 0.717) is 28.9 Å². The second kappa shape index (κ2) is 9.96. The van der Waals surface area contributed by atoms with Crippen LogP contribution >= 0.6 is 0 Å². The third-order valence-electron chi connectivity index (χ3n) is 1.29. The molecule has 0 saturated heterocycles. The number of hydrogen-bond acceptors (Lipinski definition) is 2. The first-order valence-electron chi connectivity index (χ1n) is 4.87. The summed E-state index contributed by atoms with van der Waals surface area (Å²) in [5.74, 6) is 0.613. The Kier molecular flexibility index (Phi) is 9.87. The molecule has 3 heteroatoms. The maximum atomic E-state index is 5.36. The van der Waals surface area contributed by atoms with Crippen molar-refractivity contribution >= 4 is 9.76 Å². The monoisotopic (exact) mass is 200 g/mol. The third-order valence-corrected chi connectivity index (χ3v) is 2.03. The Labute approximate surface area is 84.3 Å². The van der Waals surface area contributed by atoms with Crippen molar-refractivity contribution in [1.82, 2.24) is 0 Å². The van der Waals surface area contributed by atoms with E-state index in [9.17, 15) is 0 Å². The zero-order valence-corrected chi connectivity index (χ0v) is 9.88. The van der Waals surface area contributed by atoms with Gasteiger partial charge in [-0.1, -0.05) is 32.5 Å². The van der Waals surface area contributed by atoms with Gasteiger partial charge >= 0.3 is 0 Å². The van der Waals surface area contributed by atoms with E-state index in [1.807, 2.05) is 0 Å². The summed E-state index contributed by atoms with van der Waals surface area (Å²) in [7, 11) is 0.484. The predicted octanol–water partition coefficient (Wildman–Crippen LogP) is 2.22. The van der Waals surface area contributed by atoms with Gasteiger partial charge < -0.3 is 9.16 Å². The molecule has 0 aliphatic heterocycles. The highest BCUT2D eigenvalue weighted by Gasteiger charge is 1.93. The number of allylic oxidation sites excluding steroid dienone is 1. The van der Waals surface area contributed by atoms with Crippen molar-refractivity contribution in [3.63, 3.8) is 0 Å². The molecule has 0 fully saturated rings. The lowest BCUT2D eigenvalue weighted by molar-refractivity contribution is 0.0835. The van der Waals surface area contributed by atoms with Gasteiger partial charge in [-0.05, 0) is 12.3 Å². The molecule has 0 saturated carbocycles. The van der Waals surface area contributed by atoms with Crippen molar-refractivity contribution in [1.29, 1.82) is 0 Å². The summed E-state index contributed by atoms with van der Waals surface area (Å²) in [5.41, 5.74) is 2.07. The van der Waals surface area contributed by atoms with Crippen LogP contribution in [0.5, 0.6) is 0 Å². The predicted molar refractivity (Wildman–Crippen MR) is 56.8 cm³/mol. The molecule has 0 N–H and O–H groups in total. The van der Waals surface area contributed by atoms with Crippen molar-refractivity contribution in [2.75, 3.05) is 19.8 Å². The van der Waals surface area contributed by atoms with Gasteiger partial charge in [-0.2, -0.15) is 0 Å². The van der Waals surface area contributed by atoms with Crippen LogP contribution in [0.1, 0.15) is 27.2 Å². The van der Waals surface area contributed by atoms with Gasteiger partial charge in [0.1, 0.15) is 0 Å². The van der Waals surface area contributed by atoms with Crippen LogP contribution in [0.25, 0.3) is 0 Å². The average molecular weight is 200 g/mol. The van der Waals surface area contributed by atoms with E-state index in [2.05, 4.69) is 32.5 Å². The molecule has 0 aromatic carbocycles. The highest BCUT2D eigenvalue weighted by Crippen LogP contribution is 1.91. The van der Waals surface area contributed by atoms with Crippen LogP contribution in [0.15, 0.2) is 11.8 Å². The van der Waals surface area contributed by atoms with E-state index < -0.39 is 0 Å². The molecular formula is C10H20O2Si. The van der Waals surface area contributed by atoms with Gasteiger partial charge in [-0.3, -0.25) is 0 Å². The molecule has 0 aromatic heterocycles. The smallest absolute Gasteiger partial charge is 0.260 e. The third kappa shape index (κ3) is 11.9. The summed E-state index contributed by atoms with van der Waals surface area (Å²) in [5, 5.41) is 0. The first kappa shape index (κ1) is 12.9. The fraction of sp³-hybridized carbons (Fsp3) is 0.800. The summed E-state index contributed by atoms with van der Waals surface area (Å²) in [6, 6.07) is 0. The number of rotatable bonds is 8. The van der Waals surface area contributed by atoms with Gasteiger partial charge in [-0.15, -0.1) is 0 Å². The zero-order chi connectivity index (χ0) is 9.94. The molecule has 0 unspecified atom stereocenters. The number of hydrogen-bond donors (Lipinski definition) is 0. The van der Waals surface area contributed by atoms with E-state index in [-0.39, 0.29) is 0 Å². The Bertz CT molecular complexity index is 124. The SMILES string of the molecule is CC/C=C/[Si]OCCOCC(C)C. The highest BCUT2D eigenvalue weighted by atomic mass is 28.2. The minimum Gasteiger partial charge on any atom is -0.410 e. The highest BCUT2D eigenvalue weighted by molar-refractivity contribution is 6.34. The minimum absolute atomic E-state index is 0.484. The molecule has 0 spiro atoms. The van der Waals surface area contributed by atoms with E-state index >= 15 is 0 Å². The molecule has 0 rings (SSSR count). The summed E-state index contributed by atoms with van der Waals surface area (Å²) in [6.45, 7) is 8.66. The molecule has 0 aromatic rings. The summed E-state index contributed by atoms with van der Waals surface area (Å²) in [6.07, 6.45) is 3.20. The molecule has 0 aliphatic rings. The van der Waals surface area contributed by atoms with Crippen LogP contribution in [0, 0.1) is 5.92 Å². The van der Waals surface area contributed by atoms with Crippen LogP contribution < -0.4 is 0 Å². The van der Waals surface area contributed by atoms with E-state index in [4.69, 9.17) is 9.16 Å². The molecule has 2 radical (unpaired) electrons. The van der Waals surface area contributed by atoms with E-state index in [1.54, 1.807) is 0 Å². The first-order chi connectivity index (χ1) is 6.27. The zero-order valence-electron chi connectivity index (χ0n) is 8.88. The fourth-order valence-corrected chi connectivity index (χ4v) is 1.32. The molecule has 0 heterocycles. The lowest BCUT2D eigenvalue weighted by Gasteiger charge is -2.05. The first-order valence-corrected chi connectivity index (χ1v) is 5.86. The molecule has 0 bridgehead atoms. The largest absolute Gasteiger partial charge is 0.410 e. The van der Waals surface area contributed by atoms with Crippen molar-refractivity contribution in [2.45, 2.75) is 27.2 Å². The van der Waals surface area contributed by atoms with Crippen molar-refractivity contribution < 1.29 is 9.16 Å². The van der Waals surface area contributed by atoms with Crippen LogP contribution in [0.4, 0.5) is 0 Å². The van der Waals surface area contributed by atoms with Crippen LogP contribution in [-0.4, -0.2) is 29.6 Å². The summed E-state index contributed by atoms with van der Waals surface area (Å²) in [4.78, 5) is 0. The van der Waals surface area contributed by atoms with Crippen LogP contribution in [-0.2, 0) is 9.16 Å². The molecule has 0 atom stereocenters. The van der Waals surface area contributed by atoms with E-state index in [0.717, 1.165) is 13.0 Å². The van der Waals surface area contributed by atoms with Gasteiger partial charge in [0, 0.05) is 6.61 Å². The molecule has 2 nitrogen and oxygen atoms in total. The fourth-order valence-electron chi connectivity index (χ4n) is 0.693. The Morgan fingerprint density at radius 3 is 2.69 bits per heavy atom. The normalized spacial score (nSPS) is 11.7. The van der Waals surface area contributed by atoms with Gasteiger partial charge in [0.15, 0.2) is 0 Å². The second-order valence-electron chi connectivity index (χ2n) is 3.25. The molecular weight excluding hydrogens is 180 g/mol. The molecule has 0 aliphatic carbocycles. The maximum absolute atomic E-state index is 5.36. The van der Waals surface area contributed by atoms with Gasteiger partial charge in [0.05, 0.1) is 13.2 Å². The van der Waals surface area contributed by atoms with Crippen molar-refractivity contribution in [3.05, 3.63) is 11.8 Å². The van der Waals surface area contributed by atoms with Gasteiger partial charge in [-0.25, -0.2) is 0 Å². The maximum Gasteiger partial charge on any atom is 0.260 e. The Hall–Kier alpha value is -0.123. The topological polar surface area (TPSA) is 18.5 Å². The lowest BCUT2D eigenvalue weighted by atomic mass is 10.2. The molecule has 0 amide bonds. The Balaban J connectivity index is 2.95. The average Bonchev–Trinajstić information content (AvgIpc) is 2.09. The Morgan fingerprint density at radius 2 is 2.08 bits per heavy atom. The molecule has 76 valence electrons. The van der Waals surface area contributed by atoms with E-state index in [1.165, 1.54) is 0 Å².